The molecule has 8 heteroatoms. The maximum atomic E-state index is 11.4. The average molecular weight is 400 g/mol. The van der Waals surface area contributed by atoms with E-state index in [9.17, 15) is 8.42 Å². The SMILES string of the molecule is O=S(=O)(Cl)c1ccc(N2CCc3cc4c(c(Cl)c3CC2)OCO4)cc1. The van der Waals surface area contributed by atoms with Crippen LogP contribution in [0.5, 0.6) is 11.5 Å². The van der Waals surface area contributed by atoms with Gasteiger partial charge >= 0.3 is 0 Å². The number of hydrogen-bond donors (Lipinski definition) is 0. The van der Waals surface area contributed by atoms with Gasteiger partial charge in [-0.2, -0.15) is 0 Å². The Hall–Kier alpha value is -1.63. The van der Waals surface area contributed by atoms with Crippen molar-refractivity contribution in [3.8, 4) is 11.5 Å². The topological polar surface area (TPSA) is 55.8 Å². The predicted octanol–water partition coefficient (Wildman–Crippen LogP) is 3.60. The highest BCUT2D eigenvalue weighted by molar-refractivity contribution is 8.13. The van der Waals surface area contributed by atoms with Gasteiger partial charge in [-0.05, 0) is 54.3 Å². The Morgan fingerprint density at radius 1 is 1.04 bits per heavy atom. The second-order valence-electron chi connectivity index (χ2n) is 5.98. The summed E-state index contributed by atoms with van der Waals surface area (Å²) in [5, 5.41) is 0.635. The first kappa shape index (κ1) is 16.8. The maximum Gasteiger partial charge on any atom is 0.261 e. The van der Waals surface area contributed by atoms with Crippen LogP contribution in [0.2, 0.25) is 5.02 Å². The fourth-order valence-corrected chi connectivity index (χ4v) is 4.41. The first-order valence-corrected chi connectivity index (χ1v) is 10.5. The van der Waals surface area contributed by atoms with Gasteiger partial charge in [0.2, 0.25) is 6.79 Å². The number of benzene rings is 2. The molecule has 0 N–H and O–H groups in total. The molecule has 0 atom stereocenters. The summed E-state index contributed by atoms with van der Waals surface area (Å²) in [5.41, 5.74) is 3.21. The third-order valence-electron chi connectivity index (χ3n) is 4.56. The molecule has 5 nitrogen and oxygen atoms in total. The van der Waals surface area contributed by atoms with Crippen LogP contribution in [0.25, 0.3) is 0 Å². The molecule has 0 aromatic heterocycles. The van der Waals surface area contributed by atoms with Gasteiger partial charge < -0.3 is 14.4 Å². The molecule has 2 heterocycles. The molecule has 0 fully saturated rings. The van der Waals surface area contributed by atoms with E-state index in [4.69, 9.17) is 31.8 Å². The quantitative estimate of drug-likeness (QED) is 0.722. The van der Waals surface area contributed by atoms with Crippen LogP contribution in [-0.4, -0.2) is 28.3 Å². The number of anilines is 1. The Morgan fingerprint density at radius 2 is 1.76 bits per heavy atom. The number of halogens is 2. The molecular formula is C17H15Cl2NO4S. The van der Waals surface area contributed by atoms with Gasteiger partial charge in [0.05, 0.1) is 9.92 Å². The van der Waals surface area contributed by atoms with Crippen molar-refractivity contribution in [3.63, 3.8) is 0 Å². The van der Waals surface area contributed by atoms with Gasteiger partial charge in [-0.15, -0.1) is 0 Å². The van der Waals surface area contributed by atoms with E-state index < -0.39 is 9.05 Å². The van der Waals surface area contributed by atoms with Crippen molar-refractivity contribution in [1.82, 2.24) is 0 Å². The molecule has 2 aromatic rings. The molecule has 0 amide bonds. The van der Waals surface area contributed by atoms with Crippen molar-refractivity contribution in [1.29, 1.82) is 0 Å². The minimum atomic E-state index is -3.70. The van der Waals surface area contributed by atoms with E-state index in [2.05, 4.69) is 4.90 Å². The Balaban J connectivity index is 1.59. The molecule has 0 aliphatic carbocycles. The molecule has 2 aliphatic rings. The summed E-state index contributed by atoms with van der Waals surface area (Å²) in [4.78, 5) is 2.30. The summed E-state index contributed by atoms with van der Waals surface area (Å²) >= 11 is 6.50. The van der Waals surface area contributed by atoms with Gasteiger partial charge in [0.25, 0.3) is 9.05 Å². The normalized spacial score (nSPS) is 16.5. The zero-order valence-electron chi connectivity index (χ0n) is 13.2. The maximum absolute atomic E-state index is 11.4. The molecule has 0 saturated carbocycles. The van der Waals surface area contributed by atoms with Gasteiger partial charge in [-0.3, -0.25) is 0 Å². The highest BCUT2D eigenvalue weighted by Crippen LogP contribution is 2.43. The van der Waals surface area contributed by atoms with Crippen molar-refractivity contribution in [3.05, 3.63) is 46.5 Å². The molecule has 0 saturated heterocycles. The largest absolute Gasteiger partial charge is 0.454 e. The molecular weight excluding hydrogens is 385 g/mol. The van der Waals surface area contributed by atoms with Crippen LogP contribution in [-0.2, 0) is 21.9 Å². The van der Waals surface area contributed by atoms with Gasteiger partial charge in [0, 0.05) is 29.5 Å². The number of nitrogens with zero attached hydrogens (tertiary/aromatic N) is 1. The van der Waals surface area contributed by atoms with Crippen molar-refractivity contribution < 1.29 is 17.9 Å². The smallest absolute Gasteiger partial charge is 0.261 e. The van der Waals surface area contributed by atoms with Crippen LogP contribution in [0.1, 0.15) is 11.1 Å². The highest BCUT2D eigenvalue weighted by atomic mass is 35.7. The number of hydrogen-bond acceptors (Lipinski definition) is 5. The number of rotatable bonds is 2. The van der Waals surface area contributed by atoms with E-state index in [1.54, 1.807) is 12.1 Å². The molecule has 0 radical (unpaired) electrons. The average Bonchev–Trinajstić information content (AvgIpc) is 2.94. The van der Waals surface area contributed by atoms with Crippen LogP contribution in [0.15, 0.2) is 35.2 Å². The predicted molar refractivity (Wildman–Crippen MR) is 96.7 cm³/mol. The third kappa shape index (κ3) is 3.14. The van der Waals surface area contributed by atoms with Gasteiger partial charge in [0.1, 0.15) is 0 Å². The fourth-order valence-electron chi connectivity index (χ4n) is 3.28. The van der Waals surface area contributed by atoms with E-state index in [1.165, 1.54) is 12.1 Å². The lowest BCUT2D eigenvalue weighted by Gasteiger charge is -2.22. The summed E-state index contributed by atoms with van der Waals surface area (Å²) < 4.78 is 33.7. The zero-order chi connectivity index (χ0) is 17.6. The van der Waals surface area contributed by atoms with Gasteiger partial charge in [-0.1, -0.05) is 11.6 Å². The Labute approximate surface area is 155 Å². The van der Waals surface area contributed by atoms with E-state index >= 15 is 0 Å². The number of fused-ring (bicyclic) bond motifs is 2. The summed E-state index contributed by atoms with van der Waals surface area (Å²) in [6.45, 7) is 1.79. The molecule has 132 valence electrons. The Bertz CT molecular complexity index is 929. The zero-order valence-corrected chi connectivity index (χ0v) is 15.5. The summed E-state index contributed by atoms with van der Waals surface area (Å²) in [5.74, 6) is 1.33. The first-order valence-electron chi connectivity index (χ1n) is 7.83. The Kier molecular flexibility index (Phi) is 4.22. The van der Waals surface area contributed by atoms with E-state index in [0.717, 1.165) is 42.7 Å². The summed E-state index contributed by atoms with van der Waals surface area (Å²) in [6.07, 6.45) is 1.60. The monoisotopic (exact) mass is 399 g/mol. The molecule has 0 bridgehead atoms. The lowest BCUT2D eigenvalue weighted by Crippen LogP contribution is -2.25. The van der Waals surface area contributed by atoms with Crippen molar-refractivity contribution >= 4 is 37.0 Å². The highest BCUT2D eigenvalue weighted by Gasteiger charge is 2.25. The van der Waals surface area contributed by atoms with E-state index in [1.807, 2.05) is 6.07 Å². The van der Waals surface area contributed by atoms with Crippen LogP contribution >= 0.6 is 22.3 Å². The van der Waals surface area contributed by atoms with Crippen molar-refractivity contribution in [2.75, 3.05) is 24.8 Å². The molecule has 2 aliphatic heterocycles. The lowest BCUT2D eigenvalue weighted by atomic mass is 10.0. The minimum absolute atomic E-state index is 0.102. The lowest BCUT2D eigenvalue weighted by molar-refractivity contribution is 0.174. The molecule has 2 aromatic carbocycles. The van der Waals surface area contributed by atoms with Gasteiger partial charge in [0.15, 0.2) is 11.5 Å². The van der Waals surface area contributed by atoms with Crippen LogP contribution in [0.3, 0.4) is 0 Å². The minimum Gasteiger partial charge on any atom is -0.454 e. The van der Waals surface area contributed by atoms with Crippen LogP contribution in [0.4, 0.5) is 5.69 Å². The molecule has 4 rings (SSSR count). The first-order chi connectivity index (χ1) is 11.9. The Morgan fingerprint density at radius 3 is 2.48 bits per heavy atom. The van der Waals surface area contributed by atoms with E-state index in [-0.39, 0.29) is 11.7 Å². The molecule has 25 heavy (non-hydrogen) atoms. The number of ether oxygens (including phenoxy) is 2. The third-order valence-corrected chi connectivity index (χ3v) is 6.33. The second-order valence-corrected chi connectivity index (χ2v) is 8.92. The standard InChI is InChI=1S/C17H15Cl2NO4S/c18-16-14-6-8-20(12-1-3-13(4-2-12)25(19,21)22)7-5-11(14)9-15-17(16)24-10-23-15/h1-4,9H,5-8,10H2. The van der Waals surface area contributed by atoms with Crippen molar-refractivity contribution in [2.24, 2.45) is 0 Å². The fraction of sp³-hybridized carbons (Fsp3) is 0.294. The molecule has 0 spiro atoms. The summed E-state index contributed by atoms with van der Waals surface area (Å²) in [6, 6.07) is 8.62. The van der Waals surface area contributed by atoms with Crippen LogP contribution in [0, 0.1) is 0 Å². The van der Waals surface area contributed by atoms with Crippen molar-refractivity contribution in [2.45, 2.75) is 17.7 Å². The van der Waals surface area contributed by atoms with Gasteiger partial charge in [-0.25, -0.2) is 8.42 Å². The second kappa shape index (κ2) is 6.27. The van der Waals surface area contributed by atoms with E-state index in [0.29, 0.717) is 16.5 Å². The molecule has 0 unspecified atom stereocenters. The van der Waals surface area contributed by atoms with Crippen LogP contribution < -0.4 is 14.4 Å². The summed E-state index contributed by atoms with van der Waals surface area (Å²) in [7, 11) is 1.67.